The van der Waals surface area contributed by atoms with Crippen molar-refractivity contribution in [1.82, 2.24) is 4.57 Å². The lowest BCUT2D eigenvalue weighted by Gasteiger charge is -2.25. The van der Waals surface area contributed by atoms with Crippen LogP contribution in [-0.2, 0) is 14.3 Å². The van der Waals surface area contributed by atoms with E-state index in [9.17, 15) is 19.7 Å². The molecule has 2 aromatic heterocycles. The molecule has 1 aliphatic rings. The smallest absolute Gasteiger partial charge is 0.338 e. The molecule has 1 aliphatic heterocycles. The van der Waals surface area contributed by atoms with Crippen molar-refractivity contribution in [2.45, 2.75) is 13.0 Å². The van der Waals surface area contributed by atoms with Crippen LogP contribution in [0.25, 0.3) is 17.4 Å². The molecule has 10 nitrogen and oxygen atoms in total. The van der Waals surface area contributed by atoms with Gasteiger partial charge in [0.15, 0.2) is 4.80 Å². The number of rotatable bonds is 8. The van der Waals surface area contributed by atoms with Crippen LogP contribution in [0.15, 0.2) is 86.1 Å². The molecule has 12 heteroatoms. The quantitative estimate of drug-likeness (QED) is 0.132. The van der Waals surface area contributed by atoms with Gasteiger partial charge in [-0.05, 0) is 36.8 Å². The zero-order valence-electron chi connectivity index (χ0n) is 21.3. The zero-order chi connectivity index (χ0) is 28.4. The number of benzene rings is 2. The number of aromatic nitrogens is 1. The molecule has 0 aliphatic carbocycles. The number of carbonyl (C=O) groups is 1. The number of thiazole rings is 1. The lowest BCUT2D eigenvalue weighted by Crippen LogP contribution is -2.40. The molecule has 204 valence electrons. The number of nitro benzene ring substituents is 1. The number of nitro groups is 1. The first kappa shape index (κ1) is 27.3. The first-order chi connectivity index (χ1) is 19.3. The van der Waals surface area contributed by atoms with E-state index in [2.05, 4.69) is 4.99 Å². The first-order valence-corrected chi connectivity index (χ1v) is 13.3. The molecule has 0 saturated heterocycles. The van der Waals surface area contributed by atoms with Crippen molar-refractivity contribution in [3.8, 4) is 11.3 Å². The van der Waals surface area contributed by atoms with Crippen LogP contribution in [0.1, 0.15) is 24.3 Å². The van der Waals surface area contributed by atoms with E-state index in [1.165, 1.54) is 17.7 Å². The maximum Gasteiger partial charge on any atom is 0.338 e. The Balaban J connectivity index is 1.62. The fraction of sp³-hybridized carbons (Fsp3) is 0.179. The second-order valence-corrected chi connectivity index (χ2v) is 10.1. The van der Waals surface area contributed by atoms with Crippen molar-refractivity contribution >= 4 is 40.7 Å². The van der Waals surface area contributed by atoms with Gasteiger partial charge in [-0.25, -0.2) is 9.79 Å². The monoisotopic (exact) mass is 579 g/mol. The number of esters is 1. The largest absolute Gasteiger partial charge is 0.460 e. The number of fused-ring (bicyclic) bond motifs is 1. The Morgan fingerprint density at radius 3 is 2.67 bits per heavy atom. The molecule has 0 spiro atoms. The third kappa shape index (κ3) is 5.14. The average Bonchev–Trinajstić information content (AvgIpc) is 3.52. The minimum absolute atomic E-state index is 0.0339. The predicted octanol–water partition coefficient (Wildman–Crippen LogP) is 4.25. The summed E-state index contributed by atoms with van der Waals surface area (Å²) in [7, 11) is 1.50. The van der Waals surface area contributed by atoms with Crippen molar-refractivity contribution in [2.75, 3.05) is 20.3 Å². The Morgan fingerprint density at radius 2 is 1.93 bits per heavy atom. The summed E-state index contributed by atoms with van der Waals surface area (Å²) in [6, 6.07) is 15.6. The molecule has 0 amide bonds. The van der Waals surface area contributed by atoms with Gasteiger partial charge in [-0.15, -0.1) is 0 Å². The van der Waals surface area contributed by atoms with Crippen LogP contribution in [-0.4, -0.2) is 35.8 Å². The summed E-state index contributed by atoms with van der Waals surface area (Å²) in [5.74, 6) is -0.0162. The summed E-state index contributed by atoms with van der Waals surface area (Å²) >= 11 is 7.67. The minimum atomic E-state index is -0.874. The Morgan fingerprint density at radius 1 is 1.18 bits per heavy atom. The third-order valence-corrected chi connectivity index (χ3v) is 7.56. The summed E-state index contributed by atoms with van der Waals surface area (Å²) in [6.07, 6.45) is 1.54. The number of methoxy groups -OCH3 is 1. The number of para-hydroxylation sites is 1. The summed E-state index contributed by atoms with van der Waals surface area (Å²) in [6.45, 7) is 1.93. The summed E-state index contributed by atoms with van der Waals surface area (Å²) in [5.41, 5.74) is 0.951. The third-order valence-electron chi connectivity index (χ3n) is 6.23. The van der Waals surface area contributed by atoms with E-state index in [4.69, 9.17) is 25.5 Å². The summed E-state index contributed by atoms with van der Waals surface area (Å²) < 4.78 is 18.0. The highest BCUT2D eigenvalue weighted by Gasteiger charge is 2.34. The highest BCUT2D eigenvalue weighted by Crippen LogP contribution is 2.35. The molecular formula is C28H22ClN3O7S. The van der Waals surface area contributed by atoms with Gasteiger partial charge < -0.3 is 13.9 Å². The molecule has 5 rings (SSSR count). The summed E-state index contributed by atoms with van der Waals surface area (Å²) in [4.78, 5) is 42.9. The molecule has 4 aromatic rings. The standard InChI is InChI=1S/C28H22ClN3O7S/c1-16-24(27(34)38-14-13-37-2)25(18-7-3-5-9-20(18)29)31-26(33)23(40-28(31)30-16)15-17-11-12-22(39-17)19-8-4-6-10-21(19)32(35)36/h3-12,15,25H,13-14H2,1-2H3/b23-15-/t25-/m0/s1. The lowest BCUT2D eigenvalue weighted by molar-refractivity contribution is -0.384. The van der Waals surface area contributed by atoms with Gasteiger partial charge in [-0.3, -0.25) is 19.5 Å². The van der Waals surface area contributed by atoms with Crippen LogP contribution in [0.2, 0.25) is 5.02 Å². The maximum atomic E-state index is 13.8. The van der Waals surface area contributed by atoms with Crippen molar-refractivity contribution in [2.24, 2.45) is 4.99 Å². The SMILES string of the molecule is COCCOC(=O)C1=C(C)N=c2s/c(=C\c3ccc(-c4ccccc4[N+](=O)[O-])o3)c(=O)n2[C@H]1c1ccccc1Cl. The van der Waals surface area contributed by atoms with E-state index in [0.717, 1.165) is 11.3 Å². The van der Waals surface area contributed by atoms with Crippen molar-refractivity contribution in [3.05, 3.63) is 118 Å². The Labute approximate surface area is 236 Å². The van der Waals surface area contributed by atoms with Crippen LogP contribution in [0.5, 0.6) is 0 Å². The number of carbonyl (C=O) groups excluding carboxylic acids is 1. The molecule has 0 radical (unpaired) electrons. The van der Waals surface area contributed by atoms with Gasteiger partial charge in [-0.1, -0.05) is 53.3 Å². The number of ether oxygens (including phenoxy) is 2. The van der Waals surface area contributed by atoms with Crippen LogP contribution in [0, 0.1) is 10.1 Å². The molecular weight excluding hydrogens is 558 g/mol. The van der Waals surface area contributed by atoms with Gasteiger partial charge >= 0.3 is 5.97 Å². The van der Waals surface area contributed by atoms with Gasteiger partial charge in [0.1, 0.15) is 24.2 Å². The second kappa shape index (κ2) is 11.4. The van der Waals surface area contributed by atoms with Gasteiger partial charge in [0.05, 0.1) is 32.9 Å². The van der Waals surface area contributed by atoms with E-state index < -0.39 is 22.5 Å². The molecule has 1 atom stereocenters. The van der Waals surface area contributed by atoms with Gasteiger partial charge in [-0.2, -0.15) is 0 Å². The number of hydrogen-bond acceptors (Lipinski definition) is 9. The fourth-order valence-electron chi connectivity index (χ4n) is 4.41. The Kier molecular flexibility index (Phi) is 7.78. The van der Waals surface area contributed by atoms with E-state index in [0.29, 0.717) is 36.9 Å². The first-order valence-electron chi connectivity index (χ1n) is 12.1. The number of nitrogens with zero attached hydrogens (tertiary/aromatic N) is 3. The van der Waals surface area contributed by atoms with Gasteiger partial charge in [0.2, 0.25) is 0 Å². The molecule has 3 heterocycles. The number of allylic oxidation sites excluding steroid dienone is 1. The normalized spacial score (nSPS) is 15.1. The Bertz CT molecular complexity index is 1840. The van der Waals surface area contributed by atoms with Crippen LogP contribution >= 0.6 is 22.9 Å². The average molecular weight is 580 g/mol. The number of furan rings is 1. The maximum absolute atomic E-state index is 13.8. The van der Waals surface area contributed by atoms with E-state index >= 15 is 0 Å². The highest BCUT2D eigenvalue weighted by atomic mass is 35.5. The van der Waals surface area contributed by atoms with Gasteiger partial charge in [0, 0.05) is 24.3 Å². The minimum Gasteiger partial charge on any atom is -0.460 e. The highest BCUT2D eigenvalue weighted by molar-refractivity contribution is 7.07. The topological polar surface area (TPSA) is 126 Å². The molecule has 0 N–H and O–H groups in total. The molecule has 0 bridgehead atoms. The van der Waals surface area contributed by atoms with Crippen LogP contribution in [0.4, 0.5) is 5.69 Å². The second-order valence-electron chi connectivity index (χ2n) is 8.71. The van der Waals surface area contributed by atoms with E-state index in [1.54, 1.807) is 67.6 Å². The van der Waals surface area contributed by atoms with Crippen LogP contribution in [0.3, 0.4) is 0 Å². The number of hydrogen-bond donors (Lipinski definition) is 0. The molecule has 0 unspecified atom stereocenters. The molecule has 0 fully saturated rings. The summed E-state index contributed by atoms with van der Waals surface area (Å²) in [5, 5.41) is 11.8. The van der Waals surface area contributed by atoms with Crippen molar-refractivity contribution in [1.29, 1.82) is 0 Å². The van der Waals surface area contributed by atoms with Crippen molar-refractivity contribution < 1.29 is 23.6 Å². The van der Waals surface area contributed by atoms with Crippen LogP contribution < -0.4 is 14.9 Å². The predicted molar refractivity (Wildman–Crippen MR) is 149 cm³/mol. The van der Waals surface area contributed by atoms with Gasteiger partial charge in [0.25, 0.3) is 11.2 Å². The fourth-order valence-corrected chi connectivity index (χ4v) is 5.68. The molecule has 2 aromatic carbocycles. The Hall–Kier alpha value is -4.32. The van der Waals surface area contributed by atoms with E-state index in [-0.39, 0.29) is 30.2 Å². The molecule has 40 heavy (non-hydrogen) atoms. The zero-order valence-corrected chi connectivity index (χ0v) is 22.9. The molecule has 0 saturated carbocycles. The number of halogens is 1. The van der Waals surface area contributed by atoms with E-state index in [1.807, 2.05) is 0 Å². The van der Waals surface area contributed by atoms with Crippen molar-refractivity contribution in [3.63, 3.8) is 0 Å². The lowest BCUT2D eigenvalue weighted by atomic mass is 9.96.